The lowest BCUT2D eigenvalue weighted by atomic mass is 10.0. The molecule has 0 bridgehead atoms. The summed E-state index contributed by atoms with van der Waals surface area (Å²) in [6.07, 6.45) is 2.08. The first-order valence-electron chi connectivity index (χ1n) is 11.2. The zero-order valence-corrected chi connectivity index (χ0v) is 19.0. The van der Waals surface area contributed by atoms with Gasteiger partial charge in [-0.1, -0.05) is 60.7 Å². The average Bonchev–Trinajstić information content (AvgIpc) is 3.52. The van der Waals surface area contributed by atoms with Crippen molar-refractivity contribution in [3.8, 4) is 0 Å². The largest absolute Gasteiger partial charge is 0.345 e. The predicted octanol–water partition coefficient (Wildman–Crippen LogP) is 5.52. The second-order valence-electron chi connectivity index (χ2n) is 8.27. The number of thiazole rings is 1. The minimum absolute atomic E-state index is 0.00357. The molecular formula is C27H25N3O2S. The molecule has 1 N–H and O–H groups in total. The van der Waals surface area contributed by atoms with Crippen molar-refractivity contribution in [2.75, 3.05) is 6.54 Å². The fourth-order valence-electron chi connectivity index (χ4n) is 4.42. The molecule has 5 nitrogen and oxygen atoms in total. The zero-order chi connectivity index (χ0) is 22.6. The van der Waals surface area contributed by atoms with Crippen molar-refractivity contribution in [2.45, 2.75) is 31.3 Å². The second kappa shape index (κ2) is 9.55. The number of nitrogens with zero attached hydrogens (tertiary/aromatic N) is 2. The molecule has 1 aliphatic rings. The molecule has 33 heavy (non-hydrogen) atoms. The Hall–Kier alpha value is -3.51. The molecular weight excluding hydrogens is 430 g/mol. The van der Waals surface area contributed by atoms with E-state index in [0.29, 0.717) is 12.1 Å². The van der Waals surface area contributed by atoms with E-state index in [9.17, 15) is 9.59 Å². The van der Waals surface area contributed by atoms with Gasteiger partial charge < -0.3 is 10.2 Å². The summed E-state index contributed by atoms with van der Waals surface area (Å²) in [6, 6.07) is 26.5. The van der Waals surface area contributed by atoms with Gasteiger partial charge in [-0.2, -0.15) is 0 Å². The van der Waals surface area contributed by atoms with Crippen LogP contribution in [-0.4, -0.2) is 28.2 Å². The summed E-state index contributed by atoms with van der Waals surface area (Å²) in [5.74, 6) is -0.139. The van der Waals surface area contributed by atoms with Crippen molar-refractivity contribution in [3.63, 3.8) is 0 Å². The lowest BCUT2D eigenvalue weighted by Crippen LogP contribution is -2.36. The molecule has 2 heterocycles. The highest BCUT2D eigenvalue weighted by Crippen LogP contribution is 2.37. The number of amides is 2. The van der Waals surface area contributed by atoms with Gasteiger partial charge >= 0.3 is 0 Å². The zero-order valence-electron chi connectivity index (χ0n) is 18.2. The number of carbonyl (C=O) groups excluding carboxylic acids is 2. The smallest absolute Gasteiger partial charge is 0.251 e. The number of nitrogens with one attached hydrogen (secondary N) is 1. The van der Waals surface area contributed by atoms with Crippen LogP contribution in [0.4, 0.5) is 0 Å². The van der Waals surface area contributed by atoms with Gasteiger partial charge in [-0.15, -0.1) is 11.3 Å². The Bertz CT molecular complexity index is 1220. The molecule has 2 unspecified atom stereocenters. The molecule has 3 aromatic carbocycles. The number of hydrogen-bond acceptors (Lipinski definition) is 4. The molecule has 0 saturated carbocycles. The van der Waals surface area contributed by atoms with Crippen LogP contribution < -0.4 is 5.32 Å². The Labute approximate surface area is 197 Å². The molecule has 6 heteroatoms. The number of fused-ring (bicyclic) bond motifs is 1. The summed E-state index contributed by atoms with van der Waals surface area (Å²) in [4.78, 5) is 33.1. The highest BCUT2D eigenvalue weighted by molar-refractivity contribution is 7.18. The molecule has 2 atom stereocenters. The lowest BCUT2D eigenvalue weighted by molar-refractivity contribution is -0.132. The molecule has 166 valence electrons. The topological polar surface area (TPSA) is 62.3 Å². The fraction of sp³-hybridized carbons (Fsp3) is 0.222. The van der Waals surface area contributed by atoms with E-state index in [1.165, 1.54) is 0 Å². The van der Waals surface area contributed by atoms with Gasteiger partial charge in [0.15, 0.2) is 0 Å². The maximum Gasteiger partial charge on any atom is 0.251 e. The summed E-state index contributed by atoms with van der Waals surface area (Å²) < 4.78 is 1.14. The van der Waals surface area contributed by atoms with E-state index in [4.69, 9.17) is 4.98 Å². The van der Waals surface area contributed by atoms with Gasteiger partial charge in [0.25, 0.3) is 5.91 Å². The SMILES string of the molecule is O=C(NC(CC(=O)N1CCCC1c1nc2ccccc2s1)c1ccccc1)c1ccccc1. The van der Waals surface area contributed by atoms with Gasteiger partial charge in [0, 0.05) is 12.1 Å². The summed E-state index contributed by atoms with van der Waals surface area (Å²) in [7, 11) is 0. The highest BCUT2D eigenvalue weighted by atomic mass is 32.1. The predicted molar refractivity (Wildman–Crippen MR) is 131 cm³/mol. The molecule has 1 aromatic heterocycles. The van der Waals surface area contributed by atoms with E-state index in [1.54, 1.807) is 23.5 Å². The van der Waals surface area contributed by atoms with E-state index in [2.05, 4.69) is 11.4 Å². The van der Waals surface area contributed by atoms with Gasteiger partial charge in [-0.05, 0) is 42.7 Å². The van der Waals surface area contributed by atoms with Crippen LogP contribution in [-0.2, 0) is 4.79 Å². The molecule has 4 aromatic rings. The molecule has 2 amide bonds. The van der Waals surface area contributed by atoms with Crippen LogP contribution in [0.15, 0.2) is 84.9 Å². The van der Waals surface area contributed by atoms with E-state index in [0.717, 1.165) is 33.6 Å². The van der Waals surface area contributed by atoms with Crippen LogP contribution >= 0.6 is 11.3 Å². The standard InChI is InChI=1S/C27H25N3O2S/c31-25(30-17-9-15-23(30)27-29-21-14-7-8-16-24(21)33-27)18-22(19-10-3-1-4-11-19)28-26(32)20-12-5-2-6-13-20/h1-8,10-14,16,22-23H,9,15,17-18H2,(H,28,32). The Kier molecular flexibility index (Phi) is 6.17. The van der Waals surface area contributed by atoms with Crippen LogP contribution in [0.1, 0.15) is 52.3 Å². The number of para-hydroxylation sites is 1. The van der Waals surface area contributed by atoms with Crippen molar-refractivity contribution in [3.05, 3.63) is 101 Å². The quantitative estimate of drug-likeness (QED) is 0.416. The molecule has 0 spiro atoms. The third kappa shape index (κ3) is 4.66. The number of rotatable bonds is 6. The number of carbonyl (C=O) groups is 2. The summed E-state index contributed by atoms with van der Waals surface area (Å²) in [6.45, 7) is 0.716. The fourth-order valence-corrected chi connectivity index (χ4v) is 5.53. The summed E-state index contributed by atoms with van der Waals surface area (Å²) >= 11 is 1.66. The Morgan fingerprint density at radius 1 is 0.970 bits per heavy atom. The van der Waals surface area contributed by atoms with Gasteiger partial charge in [-0.3, -0.25) is 9.59 Å². The van der Waals surface area contributed by atoms with Crippen molar-refractivity contribution in [2.24, 2.45) is 0 Å². The average molecular weight is 456 g/mol. The Morgan fingerprint density at radius 3 is 2.42 bits per heavy atom. The van der Waals surface area contributed by atoms with E-state index < -0.39 is 6.04 Å². The molecule has 1 aliphatic heterocycles. The van der Waals surface area contributed by atoms with E-state index >= 15 is 0 Å². The minimum atomic E-state index is -0.400. The third-order valence-corrected chi connectivity index (χ3v) is 7.23. The molecule has 5 rings (SSSR count). The lowest BCUT2D eigenvalue weighted by Gasteiger charge is -2.26. The van der Waals surface area contributed by atoms with Crippen LogP contribution in [0, 0.1) is 0 Å². The Balaban J connectivity index is 1.36. The highest BCUT2D eigenvalue weighted by Gasteiger charge is 2.33. The minimum Gasteiger partial charge on any atom is -0.345 e. The normalized spacial score (nSPS) is 16.6. The van der Waals surface area contributed by atoms with Gasteiger partial charge in [0.2, 0.25) is 5.91 Å². The van der Waals surface area contributed by atoms with Crippen molar-refractivity contribution in [1.29, 1.82) is 0 Å². The number of benzene rings is 3. The third-order valence-electron chi connectivity index (χ3n) is 6.09. The van der Waals surface area contributed by atoms with Crippen molar-refractivity contribution in [1.82, 2.24) is 15.2 Å². The van der Waals surface area contributed by atoms with Gasteiger partial charge in [-0.25, -0.2) is 4.98 Å². The maximum atomic E-state index is 13.5. The van der Waals surface area contributed by atoms with E-state index in [1.807, 2.05) is 71.6 Å². The molecule has 0 radical (unpaired) electrons. The molecule has 1 saturated heterocycles. The monoisotopic (exact) mass is 455 g/mol. The van der Waals surface area contributed by atoms with Crippen molar-refractivity contribution >= 4 is 33.4 Å². The number of hydrogen-bond donors (Lipinski definition) is 1. The molecule has 0 aliphatic carbocycles. The Morgan fingerprint density at radius 2 is 1.67 bits per heavy atom. The maximum absolute atomic E-state index is 13.5. The first-order valence-corrected chi connectivity index (χ1v) is 12.1. The van der Waals surface area contributed by atoms with Crippen LogP contribution in [0.3, 0.4) is 0 Å². The summed E-state index contributed by atoms with van der Waals surface area (Å²) in [5.41, 5.74) is 2.49. The first kappa shape index (κ1) is 21.3. The number of likely N-dealkylation sites (tertiary alicyclic amines) is 1. The van der Waals surface area contributed by atoms with E-state index in [-0.39, 0.29) is 24.3 Å². The number of aromatic nitrogens is 1. The van der Waals surface area contributed by atoms with Crippen LogP contribution in [0.5, 0.6) is 0 Å². The summed E-state index contributed by atoms with van der Waals surface area (Å²) in [5, 5.41) is 4.07. The molecule has 1 fully saturated rings. The first-order chi connectivity index (χ1) is 16.2. The second-order valence-corrected chi connectivity index (χ2v) is 9.33. The van der Waals surface area contributed by atoms with Gasteiger partial charge in [0.1, 0.15) is 5.01 Å². The van der Waals surface area contributed by atoms with Gasteiger partial charge in [0.05, 0.1) is 28.7 Å². The van der Waals surface area contributed by atoms with Crippen LogP contribution in [0.25, 0.3) is 10.2 Å². The van der Waals surface area contributed by atoms with Crippen molar-refractivity contribution < 1.29 is 9.59 Å². The van der Waals surface area contributed by atoms with Crippen LogP contribution in [0.2, 0.25) is 0 Å².